The zero-order valence-electron chi connectivity index (χ0n) is 20.1. The van der Waals surface area contributed by atoms with Crippen molar-refractivity contribution in [2.45, 2.75) is 61.5 Å². The predicted molar refractivity (Wildman–Crippen MR) is 139 cm³/mol. The van der Waals surface area contributed by atoms with Gasteiger partial charge in [0, 0.05) is 18.3 Å². The summed E-state index contributed by atoms with van der Waals surface area (Å²) >= 11 is 2.35. The number of fused-ring (bicyclic) bond motifs is 2. The maximum atomic E-state index is 12.9. The highest BCUT2D eigenvalue weighted by Gasteiger charge is 2.56. The molecule has 0 aromatic carbocycles. The van der Waals surface area contributed by atoms with Crippen LogP contribution in [0.1, 0.15) is 62.0 Å². The number of allylic oxidation sites excluding steroid dienone is 2. The minimum Gasteiger partial charge on any atom is -0.481 e. The summed E-state index contributed by atoms with van der Waals surface area (Å²) < 4.78 is 25.6. The first kappa shape index (κ1) is 26.1. The zero-order chi connectivity index (χ0) is 25.2. The molecule has 4 atom stereocenters. The quantitative estimate of drug-likeness (QED) is 0.277. The number of sulfone groups is 1. The molecule has 0 spiro atoms. The molecular weight excluding hydrogens is 502 g/mol. The highest BCUT2D eigenvalue weighted by atomic mass is 32.2. The van der Waals surface area contributed by atoms with E-state index >= 15 is 0 Å². The molecule has 35 heavy (non-hydrogen) atoms. The molecule has 0 saturated heterocycles. The van der Waals surface area contributed by atoms with E-state index in [1.807, 2.05) is 0 Å². The molecule has 2 bridgehead atoms. The van der Waals surface area contributed by atoms with Crippen LogP contribution in [0.4, 0.5) is 0 Å². The van der Waals surface area contributed by atoms with Gasteiger partial charge in [-0.15, -0.1) is 11.3 Å². The third-order valence-electron chi connectivity index (χ3n) is 7.99. The second-order valence-electron chi connectivity index (χ2n) is 10.3. The Kier molecular flexibility index (Phi) is 7.88. The molecule has 3 fully saturated rings. The molecule has 0 aliphatic heterocycles. The largest absolute Gasteiger partial charge is 0.481 e. The SMILES string of the molecule is CC1(C)[C@H]2C[C@@H](CNC(=O)c3ccc(S(=O)(=O)c4ccsc4)s3)[C@H](C/C=C/CCCC(=O)O)[C@@H]1C2. The monoisotopic (exact) mass is 535 g/mol. The fraction of sp³-hybridized carbons (Fsp3) is 0.538. The molecule has 2 aromatic heterocycles. The standard InChI is InChI=1S/C26H33NO5S3/c1-26(2)18-13-17(20(21(26)14-18)7-5-3-4-6-8-23(28)29)15-27-25(30)22-9-10-24(34-22)35(31,32)19-11-12-33-16-19/h3,5,9-12,16-18,20-21H,4,6-8,13-15H2,1-2H3,(H,27,30)(H,28,29)/b5-3+/t17-,18-,20-,21-/m0/s1. The van der Waals surface area contributed by atoms with Gasteiger partial charge in [0.1, 0.15) is 4.21 Å². The first-order valence-corrected chi connectivity index (χ1v) is 15.4. The third kappa shape index (κ3) is 5.57. The van der Waals surface area contributed by atoms with Crippen molar-refractivity contribution in [3.8, 4) is 0 Å². The molecule has 190 valence electrons. The van der Waals surface area contributed by atoms with Gasteiger partial charge in [0.2, 0.25) is 9.84 Å². The number of carbonyl (C=O) groups excluding carboxylic acids is 1. The summed E-state index contributed by atoms with van der Waals surface area (Å²) in [5.74, 6) is 1.18. The van der Waals surface area contributed by atoms with Gasteiger partial charge in [-0.3, -0.25) is 9.59 Å². The molecule has 0 unspecified atom stereocenters. The lowest BCUT2D eigenvalue weighted by molar-refractivity contribution is -0.137. The molecule has 3 aliphatic rings. The van der Waals surface area contributed by atoms with Gasteiger partial charge in [-0.2, -0.15) is 11.3 Å². The Morgan fingerprint density at radius 2 is 2.00 bits per heavy atom. The van der Waals surface area contributed by atoms with Gasteiger partial charge in [-0.05, 0) is 84.8 Å². The number of unbranched alkanes of at least 4 members (excludes halogenated alkanes) is 1. The Morgan fingerprint density at radius 3 is 2.69 bits per heavy atom. The Morgan fingerprint density at radius 1 is 1.20 bits per heavy atom. The Hall–Kier alpha value is -1.97. The molecular formula is C26H33NO5S3. The van der Waals surface area contributed by atoms with Gasteiger partial charge < -0.3 is 10.4 Å². The molecule has 1 amide bonds. The highest BCUT2D eigenvalue weighted by Crippen LogP contribution is 2.63. The fourth-order valence-corrected chi connectivity index (χ4v) is 9.46. The summed E-state index contributed by atoms with van der Waals surface area (Å²) in [5, 5.41) is 15.2. The Labute approximate surface area is 215 Å². The average Bonchev–Trinajstić information content (AvgIpc) is 3.53. The van der Waals surface area contributed by atoms with Crippen LogP contribution in [0.3, 0.4) is 0 Å². The van der Waals surface area contributed by atoms with Crippen LogP contribution >= 0.6 is 22.7 Å². The van der Waals surface area contributed by atoms with Gasteiger partial charge >= 0.3 is 5.97 Å². The lowest BCUT2D eigenvalue weighted by Gasteiger charge is -2.63. The number of carbonyl (C=O) groups is 2. The van der Waals surface area contributed by atoms with Gasteiger partial charge in [0.05, 0.1) is 9.77 Å². The molecule has 2 N–H and O–H groups in total. The van der Waals surface area contributed by atoms with Crippen molar-refractivity contribution in [1.29, 1.82) is 0 Å². The van der Waals surface area contributed by atoms with Crippen molar-refractivity contribution < 1.29 is 23.1 Å². The number of carboxylic acids is 1. The first-order chi connectivity index (χ1) is 16.6. The van der Waals surface area contributed by atoms with Crippen LogP contribution in [0.2, 0.25) is 0 Å². The first-order valence-electron chi connectivity index (χ1n) is 12.1. The number of carboxylic acid groups (broad SMARTS) is 1. The molecule has 2 aromatic rings. The van der Waals surface area contributed by atoms with E-state index in [0.29, 0.717) is 46.9 Å². The van der Waals surface area contributed by atoms with E-state index in [1.165, 1.54) is 23.8 Å². The van der Waals surface area contributed by atoms with E-state index in [4.69, 9.17) is 5.11 Å². The van der Waals surface area contributed by atoms with E-state index in [1.54, 1.807) is 22.9 Å². The maximum absolute atomic E-state index is 12.9. The van der Waals surface area contributed by atoms with Crippen LogP contribution in [0.5, 0.6) is 0 Å². The maximum Gasteiger partial charge on any atom is 0.303 e. The summed E-state index contributed by atoms with van der Waals surface area (Å²) in [7, 11) is -3.58. The summed E-state index contributed by atoms with van der Waals surface area (Å²) in [6.07, 6.45) is 9.17. The number of nitrogens with one attached hydrogen (secondary N) is 1. The molecule has 0 radical (unpaired) electrons. The van der Waals surface area contributed by atoms with E-state index in [-0.39, 0.29) is 21.4 Å². The number of rotatable bonds is 11. The van der Waals surface area contributed by atoms with Crippen LogP contribution in [0.15, 0.2) is 50.2 Å². The average molecular weight is 536 g/mol. The molecule has 6 nitrogen and oxygen atoms in total. The van der Waals surface area contributed by atoms with Gasteiger partial charge in [0.25, 0.3) is 5.91 Å². The normalized spacial score (nSPS) is 25.3. The number of hydrogen-bond donors (Lipinski definition) is 2. The predicted octanol–water partition coefficient (Wildman–Crippen LogP) is 5.87. The van der Waals surface area contributed by atoms with Gasteiger partial charge in [-0.25, -0.2) is 8.42 Å². The molecule has 2 heterocycles. The van der Waals surface area contributed by atoms with Crippen LogP contribution in [0, 0.1) is 29.1 Å². The van der Waals surface area contributed by atoms with E-state index in [9.17, 15) is 18.0 Å². The van der Waals surface area contributed by atoms with Crippen molar-refractivity contribution in [2.75, 3.05) is 6.54 Å². The molecule has 3 saturated carbocycles. The second kappa shape index (κ2) is 10.6. The lowest BCUT2D eigenvalue weighted by atomic mass is 9.43. The second-order valence-corrected chi connectivity index (χ2v) is 14.3. The number of amides is 1. The number of thiophene rings is 2. The smallest absolute Gasteiger partial charge is 0.303 e. The van der Waals surface area contributed by atoms with Crippen molar-refractivity contribution >= 4 is 44.4 Å². The molecule has 9 heteroatoms. The van der Waals surface area contributed by atoms with Gasteiger partial charge in [-0.1, -0.05) is 26.0 Å². The van der Waals surface area contributed by atoms with Crippen LogP contribution < -0.4 is 5.32 Å². The molecule has 5 rings (SSSR count). The van der Waals surface area contributed by atoms with Crippen molar-refractivity contribution in [2.24, 2.45) is 29.1 Å². The van der Waals surface area contributed by atoms with Crippen LogP contribution in [0.25, 0.3) is 0 Å². The Bertz CT molecular complexity index is 1180. The third-order valence-corrected chi connectivity index (χ3v) is 12.2. The summed E-state index contributed by atoms with van der Waals surface area (Å²) in [4.78, 5) is 24.2. The summed E-state index contributed by atoms with van der Waals surface area (Å²) in [5.41, 5.74) is 0.320. The molecule has 3 aliphatic carbocycles. The zero-order valence-corrected chi connectivity index (χ0v) is 22.6. The van der Waals surface area contributed by atoms with Crippen LogP contribution in [-0.4, -0.2) is 31.9 Å². The lowest BCUT2D eigenvalue weighted by Crippen LogP contribution is -2.57. The summed E-state index contributed by atoms with van der Waals surface area (Å²) in [6.45, 7) is 5.29. The van der Waals surface area contributed by atoms with Crippen molar-refractivity contribution in [3.63, 3.8) is 0 Å². The van der Waals surface area contributed by atoms with Crippen molar-refractivity contribution in [3.05, 3.63) is 46.0 Å². The van der Waals surface area contributed by atoms with Crippen molar-refractivity contribution in [1.82, 2.24) is 5.32 Å². The minimum absolute atomic E-state index is 0.188. The Balaban J connectivity index is 1.36. The highest BCUT2D eigenvalue weighted by molar-refractivity contribution is 7.93. The number of hydrogen-bond acceptors (Lipinski definition) is 6. The number of aliphatic carboxylic acids is 1. The van der Waals surface area contributed by atoms with E-state index in [2.05, 4.69) is 31.3 Å². The van der Waals surface area contributed by atoms with Gasteiger partial charge in [0.15, 0.2) is 0 Å². The fourth-order valence-electron chi connectivity index (χ4n) is 5.80. The summed E-state index contributed by atoms with van der Waals surface area (Å²) in [6, 6.07) is 4.69. The van der Waals surface area contributed by atoms with E-state index in [0.717, 1.165) is 30.6 Å². The minimum atomic E-state index is -3.58. The van der Waals surface area contributed by atoms with Crippen LogP contribution in [-0.2, 0) is 14.6 Å². The van der Waals surface area contributed by atoms with E-state index < -0.39 is 15.8 Å². The topological polar surface area (TPSA) is 101 Å².